The molecule has 0 saturated carbocycles. The molecule has 1 aliphatic heterocycles. The van der Waals surface area contributed by atoms with Crippen molar-refractivity contribution < 1.29 is 27.4 Å². The Kier molecular flexibility index (Phi) is 7.98. The van der Waals surface area contributed by atoms with Gasteiger partial charge in [0.2, 0.25) is 15.9 Å². The first kappa shape index (κ1) is 23.9. The minimum atomic E-state index is -3.75. The molecule has 2 aromatic carbocycles. The summed E-state index contributed by atoms with van der Waals surface area (Å²) in [5.74, 6) is 1.09. The van der Waals surface area contributed by atoms with Gasteiger partial charge in [0.25, 0.3) is 0 Å². The van der Waals surface area contributed by atoms with E-state index in [1.54, 1.807) is 13.2 Å². The number of piperidine rings is 1. The topological polar surface area (TPSA) is 94.2 Å². The smallest absolute Gasteiger partial charge is 0.243 e. The first-order valence-electron chi connectivity index (χ1n) is 10.5. The zero-order valence-corrected chi connectivity index (χ0v) is 19.5. The number of benzene rings is 2. The molecule has 0 aromatic heterocycles. The highest BCUT2D eigenvalue weighted by Crippen LogP contribution is 2.32. The second-order valence-electron chi connectivity index (χ2n) is 7.61. The molecule has 0 radical (unpaired) electrons. The van der Waals surface area contributed by atoms with Crippen LogP contribution in [0.4, 0.5) is 0 Å². The van der Waals surface area contributed by atoms with Gasteiger partial charge < -0.3 is 19.5 Å². The van der Waals surface area contributed by atoms with E-state index in [0.717, 1.165) is 11.3 Å². The van der Waals surface area contributed by atoms with E-state index in [0.29, 0.717) is 43.9 Å². The zero-order chi connectivity index (χ0) is 23.1. The van der Waals surface area contributed by atoms with E-state index in [9.17, 15) is 13.2 Å². The van der Waals surface area contributed by atoms with Crippen molar-refractivity contribution in [2.45, 2.75) is 24.2 Å². The Bertz CT molecular complexity index is 1020. The van der Waals surface area contributed by atoms with E-state index in [2.05, 4.69) is 5.32 Å². The minimum absolute atomic E-state index is 0.120. The molecule has 1 atom stereocenters. The molecule has 1 amide bonds. The average Bonchev–Trinajstić information content (AvgIpc) is 2.83. The molecule has 1 fully saturated rings. The van der Waals surface area contributed by atoms with E-state index < -0.39 is 10.0 Å². The van der Waals surface area contributed by atoms with Gasteiger partial charge in [-0.15, -0.1) is 0 Å². The monoisotopic (exact) mass is 462 g/mol. The third kappa shape index (κ3) is 5.52. The Morgan fingerprint density at radius 2 is 1.75 bits per heavy atom. The maximum Gasteiger partial charge on any atom is 0.243 e. The van der Waals surface area contributed by atoms with E-state index >= 15 is 0 Å². The summed E-state index contributed by atoms with van der Waals surface area (Å²) in [6.07, 6.45) is 1.98. The fourth-order valence-electron chi connectivity index (χ4n) is 3.77. The molecule has 1 saturated heterocycles. The van der Waals surface area contributed by atoms with Gasteiger partial charge in [-0.05, 0) is 49.1 Å². The number of nitrogens with one attached hydrogen (secondary N) is 1. The highest BCUT2D eigenvalue weighted by molar-refractivity contribution is 7.89. The van der Waals surface area contributed by atoms with Crippen LogP contribution in [0.3, 0.4) is 0 Å². The van der Waals surface area contributed by atoms with Crippen LogP contribution in [0.25, 0.3) is 0 Å². The van der Waals surface area contributed by atoms with Crippen molar-refractivity contribution in [2.75, 3.05) is 41.0 Å². The Morgan fingerprint density at radius 1 is 1.03 bits per heavy atom. The van der Waals surface area contributed by atoms with Gasteiger partial charge in [-0.25, -0.2) is 8.42 Å². The largest absolute Gasteiger partial charge is 0.497 e. The molecule has 32 heavy (non-hydrogen) atoms. The van der Waals surface area contributed by atoms with Crippen molar-refractivity contribution in [3.63, 3.8) is 0 Å². The van der Waals surface area contributed by atoms with Gasteiger partial charge in [-0.1, -0.05) is 12.1 Å². The SMILES string of the molecule is COc1ccc(CCNC(=O)[C@H]2CCCN(S(=O)(=O)c3ccc(OC)c(OC)c3)C2)cc1. The lowest BCUT2D eigenvalue weighted by Gasteiger charge is -2.31. The number of carbonyl (C=O) groups is 1. The van der Waals surface area contributed by atoms with E-state index in [-0.39, 0.29) is 23.3 Å². The third-order valence-electron chi connectivity index (χ3n) is 5.62. The fraction of sp³-hybridized carbons (Fsp3) is 0.435. The van der Waals surface area contributed by atoms with E-state index in [1.165, 1.54) is 30.7 Å². The highest BCUT2D eigenvalue weighted by Gasteiger charge is 2.33. The summed E-state index contributed by atoms with van der Waals surface area (Å²) in [5, 5.41) is 2.95. The number of hydrogen-bond donors (Lipinski definition) is 1. The normalized spacial score (nSPS) is 16.9. The molecule has 0 bridgehead atoms. The van der Waals surface area contributed by atoms with Gasteiger partial charge in [0.15, 0.2) is 11.5 Å². The second-order valence-corrected chi connectivity index (χ2v) is 9.55. The number of methoxy groups -OCH3 is 3. The van der Waals surface area contributed by atoms with E-state index in [1.807, 2.05) is 24.3 Å². The Morgan fingerprint density at radius 3 is 2.41 bits per heavy atom. The molecule has 3 rings (SSSR count). The summed E-state index contributed by atoms with van der Waals surface area (Å²) in [7, 11) is 0.823. The molecule has 2 aromatic rings. The van der Waals surface area contributed by atoms with Gasteiger partial charge in [0, 0.05) is 25.7 Å². The van der Waals surface area contributed by atoms with Crippen LogP contribution >= 0.6 is 0 Å². The van der Waals surface area contributed by atoms with Crippen LogP contribution in [-0.4, -0.2) is 59.6 Å². The van der Waals surface area contributed by atoms with Crippen LogP contribution < -0.4 is 19.5 Å². The minimum Gasteiger partial charge on any atom is -0.497 e. The number of ether oxygens (including phenoxy) is 3. The number of hydrogen-bond acceptors (Lipinski definition) is 6. The molecule has 0 spiro atoms. The van der Waals surface area contributed by atoms with Gasteiger partial charge in [-0.2, -0.15) is 4.31 Å². The average molecular weight is 463 g/mol. The van der Waals surface area contributed by atoms with Gasteiger partial charge in [0.05, 0.1) is 32.1 Å². The summed E-state index contributed by atoms with van der Waals surface area (Å²) in [6.45, 7) is 1.03. The molecule has 174 valence electrons. The predicted octanol–water partition coefficient (Wildman–Crippen LogP) is 2.47. The third-order valence-corrected chi connectivity index (χ3v) is 7.48. The quantitative estimate of drug-likeness (QED) is 0.615. The fourth-order valence-corrected chi connectivity index (χ4v) is 5.31. The Labute approximate surface area is 189 Å². The van der Waals surface area contributed by atoms with E-state index in [4.69, 9.17) is 14.2 Å². The molecule has 1 N–H and O–H groups in total. The summed E-state index contributed by atoms with van der Waals surface area (Å²) < 4.78 is 43.3. The molecule has 1 aliphatic rings. The van der Waals surface area contributed by atoms with Gasteiger partial charge in [0.1, 0.15) is 5.75 Å². The van der Waals surface area contributed by atoms with Crippen LogP contribution in [0.1, 0.15) is 18.4 Å². The van der Waals surface area contributed by atoms with Crippen molar-refractivity contribution in [3.05, 3.63) is 48.0 Å². The lowest BCUT2D eigenvalue weighted by atomic mass is 9.99. The van der Waals surface area contributed by atoms with Crippen LogP contribution in [-0.2, 0) is 21.2 Å². The van der Waals surface area contributed by atoms with Crippen molar-refractivity contribution in [1.29, 1.82) is 0 Å². The van der Waals surface area contributed by atoms with Crippen LogP contribution in [0.2, 0.25) is 0 Å². The lowest BCUT2D eigenvalue weighted by molar-refractivity contribution is -0.126. The van der Waals surface area contributed by atoms with Crippen molar-refractivity contribution in [2.24, 2.45) is 5.92 Å². The molecule has 0 aliphatic carbocycles. The van der Waals surface area contributed by atoms with Crippen molar-refractivity contribution >= 4 is 15.9 Å². The lowest BCUT2D eigenvalue weighted by Crippen LogP contribution is -2.45. The van der Waals surface area contributed by atoms with Crippen LogP contribution in [0, 0.1) is 5.92 Å². The molecule has 9 heteroatoms. The summed E-state index contributed by atoms with van der Waals surface area (Å²) >= 11 is 0. The maximum absolute atomic E-state index is 13.2. The maximum atomic E-state index is 13.2. The number of amides is 1. The zero-order valence-electron chi connectivity index (χ0n) is 18.7. The molecule has 1 heterocycles. The first-order valence-corrected chi connectivity index (χ1v) is 12.0. The Hall–Kier alpha value is -2.78. The number of nitrogens with zero attached hydrogens (tertiary/aromatic N) is 1. The van der Waals surface area contributed by atoms with Gasteiger partial charge in [-0.3, -0.25) is 4.79 Å². The number of sulfonamides is 1. The highest BCUT2D eigenvalue weighted by atomic mass is 32.2. The summed E-state index contributed by atoms with van der Waals surface area (Å²) in [4.78, 5) is 12.8. The summed E-state index contributed by atoms with van der Waals surface area (Å²) in [6, 6.07) is 12.2. The molecular weight excluding hydrogens is 432 g/mol. The molecule has 0 unspecified atom stereocenters. The van der Waals surface area contributed by atoms with Crippen LogP contribution in [0.5, 0.6) is 17.2 Å². The second kappa shape index (κ2) is 10.7. The molecular formula is C23H30N2O6S. The van der Waals surface area contributed by atoms with Crippen LogP contribution in [0.15, 0.2) is 47.4 Å². The summed E-state index contributed by atoms with van der Waals surface area (Å²) in [5.41, 5.74) is 1.09. The number of carbonyl (C=O) groups excluding carboxylic acids is 1. The van der Waals surface area contributed by atoms with Crippen molar-refractivity contribution in [1.82, 2.24) is 9.62 Å². The Balaban J connectivity index is 1.60. The standard InChI is InChI=1S/C23H30N2O6S/c1-29-19-8-6-17(7-9-19)12-13-24-23(26)18-5-4-14-25(16-18)32(27,28)20-10-11-21(30-2)22(15-20)31-3/h6-11,15,18H,4-5,12-14,16H2,1-3H3,(H,24,26)/t18-/m0/s1. The number of rotatable bonds is 9. The predicted molar refractivity (Wildman–Crippen MR) is 121 cm³/mol. The van der Waals surface area contributed by atoms with Crippen molar-refractivity contribution in [3.8, 4) is 17.2 Å². The first-order chi connectivity index (χ1) is 15.4. The molecule has 8 nitrogen and oxygen atoms in total. The van der Waals surface area contributed by atoms with Gasteiger partial charge >= 0.3 is 0 Å².